The first-order chi connectivity index (χ1) is 15.1. The molecular formula is C26H24ClNO2S. The fourth-order valence-corrected chi connectivity index (χ4v) is 4.79. The van der Waals surface area contributed by atoms with E-state index < -0.39 is 0 Å². The maximum Gasteiger partial charge on any atom is 0.253 e. The number of halogens is 1. The Balaban J connectivity index is 1.29. The summed E-state index contributed by atoms with van der Waals surface area (Å²) in [5, 5.41) is 0.737. The van der Waals surface area contributed by atoms with Gasteiger partial charge >= 0.3 is 0 Å². The molecule has 3 aromatic rings. The van der Waals surface area contributed by atoms with Crippen LogP contribution in [0.2, 0.25) is 5.02 Å². The minimum atomic E-state index is -0.00119. The maximum atomic E-state index is 12.9. The van der Waals surface area contributed by atoms with Gasteiger partial charge in [0, 0.05) is 45.8 Å². The molecule has 0 spiro atoms. The Kier molecular flexibility index (Phi) is 7.10. The van der Waals surface area contributed by atoms with Gasteiger partial charge in [-0.15, -0.1) is 11.8 Å². The van der Waals surface area contributed by atoms with E-state index in [1.807, 2.05) is 83.8 Å². The van der Waals surface area contributed by atoms with Crippen LogP contribution in [0, 0.1) is 5.92 Å². The van der Waals surface area contributed by atoms with Crippen molar-refractivity contribution in [3.05, 3.63) is 101 Å². The SMILES string of the molecule is O=C(c1ccccc1)C1CCN(C(=O)c2ccc(CSc3ccc(Cl)cc3)cc2)CC1. The average molecular weight is 450 g/mol. The number of carbonyl (C=O) groups excluding carboxylic acids is 2. The predicted octanol–water partition coefficient (Wildman–Crippen LogP) is 6.37. The molecule has 5 heteroatoms. The van der Waals surface area contributed by atoms with Crippen LogP contribution >= 0.6 is 23.4 Å². The Labute approximate surface area is 192 Å². The molecular weight excluding hydrogens is 426 g/mol. The lowest BCUT2D eigenvalue weighted by molar-refractivity contribution is 0.0650. The molecule has 3 nitrogen and oxygen atoms in total. The van der Waals surface area contributed by atoms with E-state index >= 15 is 0 Å². The largest absolute Gasteiger partial charge is 0.339 e. The second-order valence-corrected chi connectivity index (χ2v) is 9.22. The van der Waals surface area contributed by atoms with Gasteiger partial charge in [-0.05, 0) is 54.8 Å². The molecule has 0 saturated carbocycles. The minimum Gasteiger partial charge on any atom is -0.339 e. The van der Waals surface area contributed by atoms with Crippen molar-refractivity contribution in [1.29, 1.82) is 0 Å². The molecule has 1 aliphatic heterocycles. The molecule has 158 valence electrons. The van der Waals surface area contributed by atoms with E-state index in [1.54, 1.807) is 11.8 Å². The second-order valence-electron chi connectivity index (χ2n) is 7.74. The molecule has 4 rings (SSSR count). The molecule has 1 saturated heterocycles. The van der Waals surface area contributed by atoms with Gasteiger partial charge in [0.25, 0.3) is 5.91 Å². The van der Waals surface area contributed by atoms with Gasteiger partial charge in [0.15, 0.2) is 5.78 Å². The number of likely N-dealkylation sites (tertiary alicyclic amines) is 1. The normalized spacial score (nSPS) is 14.4. The molecule has 1 aliphatic rings. The third kappa shape index (κ3) is 5.57. The van der Waals surface area contributed by atoms with Crippen molar-refractivity contribution in [2.45, 2.75) is 23.5 Å². The maximum absolute atomic E-state index is 12.9. The summed E-state index contributed by atoms with van der Waals surface area (Å²) in [4.78, 5) is 28.6. The smallest absolute Gasteiger partial charge is 0.253 e. The summed E-state index contributed by atoms with van der Waals surface area (Å²) in [6, 6.07) is 25.1. The highest BCUT2D eigenvalue weighted by molar-refractivity contribution is 7.98. The molecule has 1 fully saturated rings. The van der Waals surface area contributed by atoms with Crippen LogP contribution in [0.4, 0.5) is 0 Å². The Morgan fingerprint density at radius 1 is 0.839 bits per heavy atom. The highest BCUT2D eigenvalue weighted by atomic mass is 35.5. The molecule has 0 radical (unpaired) electrons. The molecule has 0 aromatic heterocycles. The van der Waals surface area contributed by atoms with E-state index in [0.717, 1.165) is 34.1 Å². The topological polar surface area (TPSA) is 37.4 Å². The summed E-state index contributed by atoms with van der Waals surface area (Å²) in [5.74, 6) is 1.07. The van der Waals surface area contributed by atoms with Crippen molar-refractivity contribution >= 4 is 35.1 Å². The standard InChI is InChI=1S/C26H24ClNO2S/c27-23-10-12-24(13-11-23)31-18-19-6-8-22(9-7-19)26(30)28-16-14-21(15-17-28)25(29)20-4-2-1-3-5-20/h1-13,21H,14-18H2. The van der Waals surface area contributed by atoms with Crippen LogP contribution in [0.3, 0.4) is 0 Å². The van der Waals surface area contributed by atoms with E-state index in [2.05, 4.69) is 0 Å². The molecule has 0 atom stereocenters. The van der Waals surface area contributed by atoms with Crippen molar-refractivity contribution in [2.75, 3.05) is 13.1 Å². The minimum absolute atomic E-state index is 0.00119. The molecule has 0 bridgehead atoms. The van der Waals surface area contributed by atoms with Crippen LogP contribution in [0.25, 0.3) is 0 Å². The summed E-state index contributed by atoms with van der Waals surface area (Å²) in [7, 11) is 0. The van der Waals surface area contributed by atoms with E-state index in [9.17, 15) is 9.59 Å². The highest BCUT2D eigenvalue weighted by Crippen LogP contribution is 2.26. The Morgan fingerprint density at radius 3 is 2.13 bits per heavy atom. The van der Waals surface area contributed by atoms with Crippen LogP contribution in [0.1, 0.15) is 39.1 Å². The monoisotopic (exact) mass is 449 g/mol. The zero-order chi connectivity index (χ0) is 21.6. The lowest BCUT2D eigenvalue weighted by Gasteiger charge is -2.31. The van der Waals surface area contributed by atoms with Gasteiger partial charge in [0.05, 0.1) is 0 Å². The predicted molar refractivity (Wildman–Crippen MR) is 127 cm³/mol. The van der Waals surface area contributed by atoms with Crippen molar-refractivity contribution in [2.24, 2.45) is 5.92 Å². The number of hydrogen-bond acceptors (Lipinski definition) is 3. The number of amides is 1. The first kappa shape index (κ1) is 21.7. The molecule has 0 unspecified atom stereocenters. The average Bonchev–Trinajstić information content (AvgIpc) is 2.84. The molecule has 1 heterocycles. The Morgan fingerprint density at radius 2 is 1.48 bits per heavy atom. The highest BCUT2D eigenvalue weighted by Gasteiger charge is 2.28. The zero-order valence-corrected chi connectivity index (χ0v) is 18.7. The van der Waals surface area contributed by atoms with Gasteiger partial charge in [-0.25, -0.2) is 0 Å². The third-order valence-corrected chi connectivity index (χ3v) is 6.97. The fourth-order valence-electron chi connectivity index (χ4n) is 3.81. The van der Waals surface area contributed by atoms with Gasteiger partial charge in [-0.1, -0.05) is 54.1 Å². The number of piperidine rings is 1. The van der Waals surface area contributed by atoms with E-state index in [-0.39, 0.29) is 17.6 Å². The van der Waals surface area contributed by atoms with Gasteiger partial charge in [-0.2, -0.15) is 0 Å². The van der Waals surface area contributed by atoms with Crippen molar-refractivity contribution in [1.82, 2.24) is 4.90 Å². The molecule has 3 aromatic carbocycles. The van der Waals surface area contributed by atoms with Gasteiger partial charge < -0.3 is 4.90 Å². The van der Waals surface area contributed by atoms with Gasteiger partial charge in [0.2, 0.25) is 0 Å². The van der Waals surface area contributed by atoms with E-state index in [4.69, 9.17) is 11.6 Å². The molecule has 0 N–H and O–H groups in total. The fraction of sp³-hybridized carbons (Fsp3) is 0.231. The van der Waals surface area contributed by atoms with Gasteiger partial charge in [-0.3, -0.25) is 9.59 Å². The van der Waals surface area contributed by atoms with Crippen LogP contribution in [0.5, 0.6) is 0 Å². The van der Waals surface area contributed by atoms with Crippen molar-refractivity contribution in [3.8, 4) is 0 Å². The summed E-state index contributed by atoms with van der Waals surface area (Å²) in [6.45, 7) is 1.24. The van der Waals surface area contributed by atoms with Crippen LogP contribution in [0.15, 0.2) is 83.8 Å². The number of rotatable bonds is 6. The number of Topliss-reactive ketones (excluding diaryl/α,β-unsaturated/α-hetero) is 1. The number of benzene rings is 3. The van der Waals surface area contributed by atoms with Gasteiger partial charge in [0.1, 0.15) is 0 Å². The summed E-state index contributed by atoms with van der Waals surface area (Å²) in [6.07, 6.45) is 1.44. The number of thioether (sulfide) groups is 1. The first-order valence-electron chi connectivity index (χ1n) is 10.5. The van der Waals surface area contributed by atoms with Crippen molar-refractivity contribution < 1.29 is 9.59 Å². The molecule has 1 amide bonds. The second kappa shape index (κ2) is 10.2. The van der Waals surface area contributed by atoms with E-state index in [0.29, 0.717) is 18.7 Å². The van der Waals surface area contributed by atoms with Crippen LogP contribution in [-0.2, 0) is 5.75 Å². The first-order valence-corrected chi connectivity index (χ1v) is 11.8. The lowest BCUT2D eigenvalue weighted by Crippen LogP contribution is -2.40. The number of hydrogen-bond donors (Lipinski definition) is 0. The lowest BCUT2D eigenvalue weighted by atomic mass is 9.88. The summed E-state index contributed by atoms with van der Waals surface area (Å²) >= 11 is 7.67. The molecule has 0 aliphatic carbocycles. The number of ketones is 1. The van der Waals surface area contributed by atoms with Crippen LogP contribution < -0.4 is 0 Å². The number of carbonyl (C=O) groups is 2. The molecule has 31 heavy (non-hydrogen) atoms. The summed E-state index contributed by atoms with van der Waals surface area (Å²) < 4.78 is 0. The van der Waals surface area contributed by atoms with Crippen LogP contribution in [-0.4, -0.2) is 29.7 Å². The van der Waals surface area contributed by atoms with Crippen molar-refractivity contribution in [3.63, 3.8) is 0 Å². The third-order valence-electron chi connectivity index (χ3n) is 5.63. The zero-order valence-electron chi connectivity index (χ0n) is 17.2. The van der Waals surface area contributed by atoms with E-state index in [1.165, 1.54) is 5.56 Å². The summed E-state index contributed by atoms with van der Waals surface area (Å²) in [5.41, 5.74) is 2.64. The quantitative estimate of drug-likeness (QED) is 0.324. The number of nitrogens with zero attached hydrogens (tertiary/aromatic N) is 1. The Hall–Kier alpha value is -2.56. The Bertz CT molecular complexity index is 1030.